The highest BCUT2D eigenvalue weighted by Gasteiger charge is 2.54. The van der Waals surface area contributed by atoms with Crippen molar-refractivity contribution in [2.24, 2.45) is 17.8 Å². The van der Waals surface area contributed by atoms with Gasteiger partial charge in [-0.1, -0.05) is 17.4 Å². The van der Waals surface area contributed by atoms with Crippen molar-refractivity contribution in [3.63, 3.8) is 0 Å². The van der Waals surface area contributed by atoms with Crippen LogP contribution in [0.5, 0.6) is 0 Å². The molecule has 140 valence electrons. The molecule has 2 aliphatic carbocycles. The fraction of sp³-hybridized carbons (Fsp3) is 0.364. The van der Waals surface area contributed by atoms with Crippen LogP contribution < -0.4 is 11.1 Å². The number of aromatic nitrogens is 3. The summed E-state index contributed by atoms with van der Waals surface area (Å²) in [4.78, 5) is 4.43. The van der Waals surface area contributed by atoms with Gasteiger partial charge in [0.15, 0.2) is 5.13 Å². The van der Waals surface area contributed by atoms with Gasteiger partial charge in [0.1, 0.15) is 0 Å². The number of H-pyrrole nitrogens is 1. The van der Waals surface area contributed by atoms with Crippen molar-refractivity contribution < 1.29 is 0 Å². The van der Waals surface area contributed by atoms with Crippen LogP contribution in [0.25, 0.3) is 21.1 Å². The van der Waals surface area contributed by atoms with Gasteiger partial charge in [-0.05, 0) is 78.3 Å². The van der Waals surface area contributed by atoms with E-state index in [-0.39, 0.29) is 0 Å². The Morgan fingerprint density at radius 1 is 1.11 bits per heavy atom. The highest BCUT2D eigenvalue weighted by molar-refractivity contribution is 7.22. The molecule has 2 saturated carbocycles. The number of nitrogens with zero attached hydrogens (tertiary/aromatic N) is 2. The topological polar surface area (TPSA) is 79.6 Å². The maximum atomic E-state index is 5.94. The predicted octanol–water partition coefficient (Wildman–Crippen LogP) is 5.05. The fourth-order valence-corrected chi connectivity index (χ4v) is 7.27. The maximum Gasteiger partial charge on any atom is 0.181 e. The Balaban J connectivity index is 1.43. The lowest BCUT2D eigenvalue weighted by atomic mass is 9.67. The van der Waals surface area contributed by atoms with Gasteiger partial charge in [0.2, 0.25) is 0 Å². The summed E-state index contributed by atoms with van der Waals surface area (Å²) in [6.45, 7) is 0. The monoisotopic (exact) mass is 387 g/mol. The molecule has 3 heterocycles. The summed E-state index contributed by atoms with van der Waals surface area (Å²) in [5.41, 5.74) is 12.3. The Hall–Kier alpha value is -2.60. The number of thiazole rings is 1. The average Bonchev–Trinajstić information content (AvgIpc) is 3.48. The minimum atomic E-state index is 0.352. The van der Waals surface area contributed by atoms with Gasteiger partial charge in [0.25, 0.3) is 0 Å². The van der Waals surface area contributed by atoms with Crippen LogP contribution in [0, 0.1) is 17.8 Å². The van der Waals surface area contributed by atoms with Gasteiger partial charge in [0, 0.05) is 11.1 Å². The summed E-state index contributed by atoms with van der Waals surface area (Å²) in [6, 6.07) is 11.5. The van der Waals surface area contributed by atoms with Gasteiger partial charge >= 0.3 is 0 Å². The van der Waals surface area contributed by atoms with E-state index in [1.165, 1.54) is 46.2 Å². The van der Waals surface area contributed by atoms with Crippen molar-refractivity contribution in [1.82, 2.24) is 15.2 Å². The van der Waals surface area contributed by atoms with Crippen molar-refractivity contribution in [3.05, 3.63) is 47.7 Å². The molecule has 4 aromatic rings. The third-order valence-electron chi connectivity index (χ3n) is 7.46. The van der Waals surface area contributed by atoms with E-state index in [0.717, 1.165) is 22.9 Å². The molecule has 2 fully saturated rings. The molecule has 2 bridgehead atoms. The van der Waals surface area contributed by atoms with Gasteiger partial charge < -0.3 is 11.1 Å². The number of rotatable bonds is 1. The van der Waals surface area contributed by atoms with Crippen LogP contribution in [0.2, 0.25) is 0 Å². The number of nitrogen functional groups attached to an aromatic ring is 1. The van der Waals surface area contributed by atoms with Crippen molar-refractivity contribution in [2.75, 3.05) is 11.1 Å². The number of hydrogen-bond donors (Lipinski definition) is 3. The van der Waals surface area contributed by atoms with Gasteiger partial charge in [-0.25, -0.2) is 4.98 Å². The lowest BCUT2D eigenvalue weighted by Crippen LogP contribution is -2.35. The van der Waals surface area contributed by atoms with Crippen molar-refractivity contribution in [3.8, 4) is 0 Å². The van der Waals surface area contributed by atoms with E-state index in [1.54, 1.807) is 11.3 Å². The molecule has 2 aromatic carbocycles. The van der Waals surface area contributed by atoms with E-state index < -0.39 is 0 Å². The van der Waals surface area contributed by atoms with Crippen LogP contribution in [0.1, 0.15) is 42.3 Å². The van der Waals surface area contributed by atoms with Gasteiger partial charge in [-0.3, -0.25) is 5.10 Å². The van der Waals surface area contributed by atoms with E-state index in [1.807, 2.05) is 6.20 Å². The highest BCUT2D eigenvalue weighted by Crippen LogP contribution is 2.64. The summed E-state index contributed by atoms with van der Waals surface area (Å²) >= 11 is 1.59. The number of benzene rings is 2. The van der Waals surface area contributed by atoms with Crippen LogP contribution in [0.4, 0.5) is 10.8 Å². The van der Waals surface area contributed by atoms with Crippen LogP contribution in [0.3, 0.4) is 0 Å². The second-order valence-electron chi connectivity index (χ2n) is 8.70. The third-order valence-corrected chi connectivity index (χ3v) is 8.31. The smallest absolute Gasteiger partial charge is 0.181 e. The van der Waals surface area contributed by atoms with Gasteiger partial charge in [-0.15, -0.1) is 0 Å². The Morgan fingerprint density at radius 2 is 2.04 bits per heavy atom. The molecule has 0 spiro atoms. The minimum absolute atomic E-state index is 0.352. The number of fused-ring (bicyclic) bond motifs is 10. The first-order chi connectivity index (χ1) is 13.8. The van der Waals surface area contributed by atoms with E-state index in [4.69, 9.17) is 5.73 Å². The Morgan fingerprint density at radius 3 is 3.00 bits per heavy atom. The van der Waals surface area contributed by atoms with Gasteiger partial charge in [0.05, 0.1) is 28.0 Å². The number of anilines is 2. The zero-order valence-electron chi connectivity index (χ0n) is 15.4. The zero-order valence-corrected chi connectivity index (χ0v) is 16.2. The first-order valence-electron chi connectivity index (χ1n) is 10.1. The van der Waals surface area contributed by atoms with E-state index in [0.29, 0.717) is 23.0 Å². The Kier molecular flexibility index (Phi) is 2.88. The second-order valence-corrected chi connectivity index (χ2v) is 9.76. The maximum absolute atomic E-state index is 5.94. The van der Waals surface area contributed by atoms with Crippen LogP contribution >= 0.6 is 11.3 Å². The standard InChI is InChI=1S/C22H21N5S/c23-22-26-15-4-3-12(8-17(15)28-22)21-19-11-2-1-10(7-11)18(19)20-13-9-24-27-14(13)5-6-16(20)25-21/h3-6,8-11,18-19,21,25H,1-2,7H2,(H2,23,26)(H,24,27)/t10-,11+,18+,19-,21+/m1/s1. The lowest BCUT2D eigenvalue weighted by molar-refractivity contribution is 0.249. The quantitative estimate of drug-likeness (QED) is 0.427. The summed E-state index contributed by atoms with van der Waals surface area (Å²) in [5, 5.41) is 13.4. The molecule has 28 heavy (non-hydrogen) atoms. The first kappa shape index (κ1) is 15.3. The van der Waals surface area contributed by atoms with Crippen LogP contribution in [0.15, 0.2) is 36.5 Å². The zero-order chi connectivity index (χ0) is 18.4. The molecule has 5 nitrogen and oxygen atoms in total. The van der Waals surface area contributed by atoms with Crippen LogP contribution in [-0.4, -0.2) is 15.2 Å². The number of aromatic amines is 1. The predicted molar refractivity (Wildman–Crippen MR) is 114 cm³/mol. The molecular weight excluding hydrogens is 366 g/mol. The van der Waals surface area contributed by atoms with Gasteiger partial charge in [-0.2, -0.15) is 5.10 Å². The third kappa shape index (κ3) is 1.91. The van der Waals surface area contributed by atoms with E-state index in [2.05, 4.69) is 50.8 Å². The molecule has 4 N–H and O–H groups in total. The Labute approximate surface area is 166 Å². The van der Waals surface area contributed by atoms with Crippen molar-refractivity contribution in [2.45, 2.75) is 31.2 Å². The van der Waals surface area contributed by atoms with Crippen molar-refractivity contribution in [1.29, 1.82) is 0 Å². The molecule has 5 atom stereocenters. The average molecular weight is 388 g/mol. The second kappa shape index (κ2) is 5.26. The normalized spacial score (nSPS) is 30.5. The fourth-order valence-electron chi connectivity index (χ4n) is 6.49. The number of nitrogens with one attached hydrogen (secondary N) is 2. The molecule has 6 heteroatoms. The molecule has 0 amide bonds. The molecule has 0 saturated heterocycles. The van der Waals surface area contributed by atoms with E-state index >= 15 is 0 Å². The van der Waals surface area contributed by atoms with Crippen LogP contribution in [-0.2, 0) is 0 Å². The molecule has 3 aliphatic rings. The SMILES string of the molecule is Nc1nc2ccc([C@@H]3Nc4ccc5[nH]ncc5c4[C@H]4[C@@H]5CC[C@@H](C5)[C@H]43)cc2s1. The van der Waals surface area contributed by atoms with Crippen molar-refractivity contribution >= 4 is 43.3 Å². The molecule has 7 rings (SSSR count). The molecule has 1 aliphatic heterocycles. The molecular formula is C22H21N5S. The highest BCUT2D eigenvalue weighted by atomic mass is 32.1. The molecule has 0 radical (unpaired) electrons. The molecule has 2 aromatic heterocycles. The minimum Gasteiger partial charge on any atom is -0.378 e. The number of nitrogens with two attached hydrogens (primary N) is 1. The lowest BCUT2D eigenvalue weighted by Gasteiger charge is -2.43. The summed E-state index contributed by atoms with van der Waals surface area (Å²) in [7, 11) is 0. The molecule has 0 unspecified atom stereocenters. The Bertz CT molecular complexity index is 1240. The largest absolute Gasteiger partial charge is 0.378 e. The van der Waals surface area contributed by atoms with E-state index in [9.17, 15) is 0 Å². The first-order valence-corrected chi connectivity index (χ1v) is 11.0. The summed E-state index contributed by atoms with van der Waals surface area (Å²) < 4.78 is 1.19. The number of hydrogen-bond acceptors (Lipinski definition) is 5. The summed E-state index contributed by atoms with van der Waals surface area (Å²) in [5.74, 6) is 2.89. The summed E-state index contributed by atoms with van der Waals surface area (Å²) in [6.07, 6.45) is 6.13.